The van der Waals surface area contributed by atoms with Crippen molar-refractivity contribution in [3.05, 3.63) is 137 Å². The molecule has 0 radical (unpaired) electrons. The molecule has 0 aliphatic carbocycles. The SMILES string of the molecule is O=C(N/N=C\c1ccc(OC(=O)c2ccccc2)cc1)c1ccc(CN2CCN(Cc3ccccc3)CC2)cc1. The molecule has 1 heterocycles. The van der Waals surface area contributed by atoms with Crippen LogP contribution in [0.25, 0.3) is 0 Å². The van der Waals surface area contributed by atoms with Gasteiger partial charge in [0.05, 0.1) is 11.8 Å². The maximum atomic E-state index is 12.5. The Morgan fingerprint density at radius 1 is 0.675 bits per heavy atom. The van der Waals surface area contributed by atoms with E-state index in [1.807, 2.05) is 30.3 Å². The Labute approximate surface area is 234 Å². The molecule has 1 N–H and O–H groups in total. The van der Waals surface area contributed by atoms with Crippen LogP contribution in [0.2, 0.25) is 0 Å². The first-order valence-corrected chi connectivity index (χ1v) is 13.4. The van der Waals surface area contributed by atoms with Gasteiger partial charge in [-0.15, -0.1) is 0 Å². The standard InChI is InChI=1S/C33H32N4O3/c38-32(35-34-23-26-13-17-31(18-14-26)40-33(39)30-9-5-2-6-10-30)29-15-11-28(12-16-29)25-37-21-19-36(20-22-37)24-27-7-3-1-4-8-27/h1-18,23H,19-22,24-25H2,(H,35,38)/b34-23-. The average molecular weight is 533 g/mol. The van der Waals surface area contributed by atoms with E-state index in [0.717, 1.165) is 44.8 Å². The Morgan fingerprint density at radius 3 is 1.82 bits per heavy atom. The highest BCUT2D eigenvalue weighted by Crippen LogP contribution is 2.15. The van der Waals surface area contributed by atoms with Crippen molar-refractivity contribution in [1.82, 2.24) is 15.2 Å². The van der Waals surface area contributed by atoms with Crippen molar-refractivity contribution in [3.63, 3.8) is 0 Å². The molecule has 0 atom stereocenters. The summed E-state index contributed by atoms with van der Waals surface area (Å²) in [6.07, 6.45) is 1.55. The van der Waals surface area contributed by atoms with Gasteiger partial charge < -0.3 is 4.74 Å². The number of benzene rings is 4. The molecule has 5 rings (SSSR count). The van der Waals surface area contributed by atoms with Gasteiger partial charge in [0, 0.05) is 44.8 Å². The summed E-state index contributed by atoms with van der Waals surface area (Å²) in [4.78, 5) is 29.7. The lowest BCUT2D eigenvalue weighted by Gasteiger charge is -2.34. The lowest BCUT2D eigenvalue weighted by atomic mass is 10.1. The molecule has 1 aliphatic rings. The van der Waals surface area contributed by atoms with Crippen LogP contribution >= 0.6 is 0 Å². The number of nitrogens with zero attached hydrogens (tertiary/aromatic N) is 3. The van der Waals surface area contributed by atoms with E-state index in [0.29, 0.717) is 16.9 Å². The number of nitrogens with one attached hydrogen (secondary N) is 1. The third kappa shape index (κ3) is 7.72. The highest BCUT2D eigenvalue weighted by atomic mass is 16.5. The van der Waals surface area contributed by atoms with Gasteiger partial charge in [0.2, 0.25) is 0 Å². The van der Waals surface area contributed by atoms with E-state index >= 15 is 0 Å². The first kappa shape index (κ1) is 27.0. The largest absolute Gasteiger partial charge is 0.423 e. The molecule has 4 aromatic rings. The summed E-state index contributed by atoms with van der Waals surface area (Å²) in [6.45, 7) is 6.02. The van der Waals surface area contributed by atoms with Gasteiger partial charge >= 0.3 is 5.97 Å². The number of piperazine rings is 1. The Hall–Kier alpha value is -4.59. The van der Waals surface area contributed by atoms with Crippen LogP contribution in [-0.2, 0) is 13.1 Å². The molecule has 202 valence electrons. The molecule has 0 unspecified atom stereocenters. The van der Waals surface area contributed by atoms with Gasteiger partial charge in [-0.3, -0.25) is 14.6 Å². The molecule has 1 aliphatic heterocycles. The fraction of sp³-hybridized carbons (Fsp3) is 0.182. The topological polar surface area (TPSA) is 74.2 Å². The zero-order chi connectivity index (χ0) is 27.6. The van der Waals surface area contributed by atoms with Crippen LogP contribution in [0.5, 0.6) is 5.75 Å². The van der Waals surface area contributed by atoms with E-state index in [4.69, 9.17) is 4.74 Å². The zero-order valence-corrected chi connectivity index (χ0v) is 22.3. The predicted molar refractivity (Wildman–Crippen MR) is 156 cm³/mol. The Morgan fingerprint density at radius 2 is 1.23 bits per heavy atom. The van der Waals surface area contributed by atoms with Gasteiger partial charge in [0.15, 0.2) is 0 Å². The highest BCUT2D eigenvalue weighted by Gasteiger charge is 2.17. The number of hydrogen-bond acceptors (Lipinski definition) is 6. The van der Waals surface area contributed by atoms with Crippen molar-refractivity contribution in [2.45, 2.75) is 13.1 Å². The van der Waals surface area contributed by atoms with Crippen molar-refractivity contribution >= 4 is 18.1 Å². The maximum absolute atomic E-state index is 12.5. The van der Waals surface area contributed by atoms with Gasteiger partial charge in [0.1, 0.15) is 5.75 Å². The van der Waals surface area contributed by atoms with Gasteiger partial charge in [-0.1, -0.05) is 60.7 Å². The Balaban J connectivity index is 1.05. The molecule has 40 heavy (non-hydrogen) atoms. The number of carbonyl (C=O) groups excluding carboxylic acids is 2. The normalized spacial score (nSPS) is 14.2. The summed E-state index contributed by atoms with van der Waals surface area (Å²) < 4.78 is 5.38. The van der Waals surface area contributed by atoms with Crippen LogP contribution in [-0.4, -0.2) is 54.1 Å². The molecule has 1 amide bonds. The molecule has 0 spiro atoms. The number of carbonyl (C=O) groups is 2. The second kappa shape index (κ2) is 13.5. The molecule has 0 aromatic heterocycles. The van der Waals surface area contributed by atoms with E-state index in [-0.39, 0.29) is 5.91 Å². The van der Waals surface area contributed by atoms with Crippen LogP contribution < -0.4 is 10.2 Å². The molecule has 7 heteroatoms. The summed E-state index contributed by atoms with van der Waals surface area (Å²) >= 11 is 0. The lowest BCUT2D eigenvalue weighted by molar-refractivity contribution is 0.0734. The van der Waals surface area contributed by atoms with Gasteiger partial charge in [-0.05, 0) is 65.2 Å². The second-order valence-corrected chi connectivity index (χ2v) is 9.76. The smallest absolute Gasteiger partial charge is 0.343 e. The van der Waals surface area contributed by atoms with Crippen LogP contribution in [0.3, 0.4) is 0 Å². The summed E-state index contributed by atoms with van der Waals surface area (Å²) in [7, 11) is 0. The molecule has 7 nitrogen and oxygen atoms in total. The average Bonchev–Trinajstić information content (AvgIpc) is 3.00. The minimum absolute atomic E-state index is 0.272. The van der Waals surface area contributed by atoms with Gasteiger partial charge in [0.25, 0.3) is 5.91 Å². The number of hydrogen-bond donors (Lipinski definition) is 1. The first-order valence-electron chi connectivity index (χ1n) is 13.4. The van der Waals surface area contributed by atoms with E-state index in [9.17, 15) is 9.59 Å². The van der Waals surface area contributed by atoms with Crippen molar-refractivity contribution < 1.29 is 14.3 Å². The van der Waals surface area contributed by atoms with Crippen molar-refractivity contribution in [2.24, 2.45) is 5.10 Å². The molecule has 0 bridgehead atoms. The minimum Gasteiger partial charge on any atom is -0.423 e. The number of ether oxygens (including phenoxy) is 1. The number of rotatable bonds is 9. The fourth-order valence-electron chi connectivity index (χ4n) is 4.56. The monoisotopic (exact) mass is 532 g/mol. The first-order chi connectivity index (χ1) is 19.6. The van der Waals surface area contributed by atoms with Crippen LogP contribution in [0.15, 0.2) is 114 Å². The summed E-state index contributed by atoms with van der Waals surface area (Å²) in [5, 5.41) is 4.06. The van der Waals surface area contributed by atoms with E-state index in [1.165, 1.54) is 11.1 Å². The molecule has 1 saturated heterocycles. The highest BCUT2D eigenvalue weighted by molar-refractivity contribution is 5.95. The van der Waals surface area contributed by atoms with Gasteiger partial charge in [-0.2, -0.15) is 5.10 Å². The fourth-order valence-corrected chi connectivity index (χ4v) is 4.56. The molecule has 4 aromatic carbocycles. The summed E-state index contributed by atoms with van der Waals surface area (Å²) in [5.41, 5.74) is 6.91. The van der Waals surface area contributed by atoms with Gasteiger partial charge in [-0.25, -0.2) is 10.2 Å². The second-order valence-electron chi connectivity index (χ2n) is 9.76. The van der Waals surface area contributed by atoms with E-state index < -0.39 is 5.97 Å². The number of esters is 1. The third-order valence-corrected chi connectivity index (χ3v) is 6.82. The van der Waals surface area contributed by atoms with Crippen LogP contribution in [0, 0.1) is 0 Å². The van der Waals surface area contributed by atoms with Crippen molar-refractivity contribution in [2.75, 3.05) is 26.2 Å². The number of hydrazone groups is 1. The van der Waals surface area contributed by atoms with Crippen molar-refractivity contribution in [3.8, 4) is 5.75 Å². The minimum atomic E-state index is -0.415. The molecule has 0 saturated carbocycles. The Kier molecular flexibility index (Phi) is 9.09. The maximum Gasteiger partial charge on any atom is 0.343 e. The lowest BCUT2D eigenvalue weighted by Crippen LogP contribution is -2.45. The molecule has 1 fully saturated rings. The third-order valence-electron chi connectivity index (χ3n) is 6.82. The quantitative estimate of drug-likeness (QED) is 0.142. The Bertz CT molecular complexity index is 1410. The van der Waals surface area contributed by atoms with E-state index in [2.05, 4.69) is 50.7 Å². The van der Waals surface area contributed by atoms with Crippen molar-refractivity contribution in [1.29, 1.82) is 0 Å². The van der Waals surface area contributed by atoms with Crippen LogP contribution in [0.4, 0.5) is 0 Å². The molecular formula is C33H32N4O3. The molecular weight excluding hydrogens is 500 g/mol. The predicted octanol–water partition coefficient (Wildman–Crippen LogP) is 4.99. The summed E-state index contributed by atoms with van der Waals surface area (Å²) in [6, 6.07) is 34.0. The summed E-state index contributed by atoms with van der Waals surface area (Å²) in [5.74, 6) is -0.253. The zero-order valence-electron chi connectivity index (χ0n) is 22.3. The van der Waals surface area contributed by atoms with Crippen LogP contribution in [0.1, 0.15) is 37.4 Å². The van der Waals surface area contributed by atoms with E-state index in [1.54, 1.807) is 54.7 Å². The number of amides is 1.